The van der Waals surface area contributed by atoms with Crippen molar-refractivity contribution in [1.29, 1.82) is 0 Å². The Kier molecular flexibility index (Phi) is 3.05. The van der Waals surface area contributed by atoms with Gasteiger partial charge in [0.2, 0.25) is 5.91 Å². The Morgan fingerprint density at radius 3 is 2.83 bits per heavy atom. The maximum absolute atomic E-state index is 11.1. The first-order valence-electron chi connectivity index (χ1n) is 4.32. The number of nitrogens with zero attached hydrogens (tertiary/aromatic N) is 1. The molecule has 1 saturated heterocycles. The number of hydrogen-bond acceptors (Lipinski definition) is 3. The van der Waals surface area contributed by atoms with Gasteiger partial charge in [-0.15, -0.1) is 0 Å². The van der Waals surface area contributed by atoms with Crippen LogP contribution in [0.3, 0.4) is 0 Å². The topological polar surface area (TPSA) is 66.6 Å². The van der Waals surface area contributed by atoms with Crippen molar-refractivity contribution in [3.05, 3.63) is 0 Å². The average molecular weight is 172 g/mol. The largest absolute Gasteiger partial charge is 0.392 e. The van der Waals surface area contributed by atoms with Crippen molar-refractivity contribution in [2.45, 2.75) is 31.9 Å². The van der Waals surface area contributed by atoms with E-state index >= 15 is 0 Å². The van der Waals surface area contributed by atoms with Crippen molar-refractivity contribution >= 4 is 5.91 Å². The number of carbonyl (C=O) groups excluding carboxylic acids is 1. The summed E-state index contributed by atoms with van der Waals surface area (Å²) >= 11 is 0. The van der Waals surface area contributed by atoms with E-state index in [0.717, 1.165) is 13.0 Å². The van der Waals surface area contributed by atoms with E-state index in [9.17, 15) is 4.79 Å². The third-order valence-corrected chi connectivity index (χ3v) is 2.22. The summed E-state index contributed by atoms with van der Waals surface area (Å²) in [5.41, 5.74) is 5.61. The first kappa shape index (κ1) is 9.48. The van der Waals surface area contributed by atoms with Gasteiger partial charge in [0.1, 0.15) is 0 Å². The molecule has 4 nitrogen and oxygen atoms in total. The zero-order chi connectivity index (χ0) is 9.14. The number of nitrogens with two attached hydrogens (primary N) is 1. The second-order valence-corrected chi connectivity index (χ2v) is 3.35. The third-order valence-electron chi connectivity index (χ3n) is 2.22. The second-order valence-electron chi connectivity index (χ2n) is 3.35. The Bertz CT molecular complexity index is 170. The van der Waals surface area contributed by atoms with Crippen LogP contribution >= 0.6 is 0 Å². The Morgan fingerprint density at radius 1 is 1.75 bits per heavy atom. The third kappa shape index (κ3) is 2.19. The molecular formula is C8H16N2O2. The van der Waals surface area contributed by atoms with E-state index in [1.54, 1.807) is 11.8 Å². The summed E-state index contributed by atoms with van der Waals surface area (Å²) in [5.74, 6) is 0.158. The number of carbonyl (C=O) groups is 1. The van der Waals surface area contributed by atoms with Gasteiger partial charge in [-0.05, 0) is 13.3 Å². The van der Waals surface area contributed by atoms with Gasteiger partial charge in [0, 0.05) is 25.6 Å². The number of aliphatic hydroxyl groups excluding tert-OH is 1. The lowest BCUT2D eigenvalue weighted by Crippen LogP contribution is -2.44. The Balaban J connectivity index is 2.35. The van der Waals surface area contributed by atoms with Crippen LogP contribution in [0.15, 0.2) is 0 Å². The van der Waals surface area contributed by atoms with E-state index in [1.165, 1.54) is 0 Å². The van der Waals surface area contributed by atoms with Crippen LogP contribution in [0.2, 0.25) is 0 Å². The zero-order valence-corrected chi connectivity index (χ0v) is 7.36. The zero-order valence-electron chi connectivity index (χ0n) is 7.36. The van der Waals surface area contributed by atoms with Gasteiger partial charge in [-0.3, -0.25) is 4.79 Å². The quantitative estimate of drug-likeness (QED) is 0.592. The predicted molar refractivity (Wildman–Crippen MR) is 45.5 cm³/mol. The number of hydrogen-bond donors (Lipinski definition) is 2. The minimum absolute atomic E-state index is 0.158. The molecule has 1 amide bonds. The molecule has 0 spiro atoms. The average Bonchev–Trinajstić information content (AvgIpc) is 2.36. The van der Waals surface area contributed by atoms with Crippen molar-refractivity contribution < 1.29 is 9.90 Å². The van der Waals surface area contributed by atoms with E-state index in [4.69, 9.17) is 10.8 Å². The molecule has 3 N–H and O–H groups in total. The molecule has 0 aromatic rings. The highest BCUT2D eigenvalue weighted by Crippen LogP contribution is 2.09. The van der Waals surface area contributed by atoms with Gasteiger partial charge in [-0.1, -0.05) is 0 Å². The van der Waals surface area contributed by atoms with Gasteiger partial charge >= 0.3 is 0 Å². The van der Waals surface area contributed by atoms with Crippen molar-refractivity contribution in [1.82, 2.24) is 4.90 Å². The van der Waals surface area contributed by atoms with Gasteiger partial charge < -0.3 is 15.7 Å². The van der Waals surface area contributed by atoms with Crippen molar-refractivity contribution in [2.24, 2.45) is 5.73 Å². The van der Waals surface area contributed by atoms with E-state index in [1.807, 2.05) is 0 Å². The van der Waals surface area contributed by atoms with E-state index in [2.05, 4.69) is 0 Å². The molecule has 2 unspecified atom stereocenters. The Labute approximate surface area is 72.3 Å². The summed E-state index contributed by atoms with van der Waals surface area (Å²) in [6.45, 7) is 2.92. The first-order chi connectivity index (χ1) is 5.61. The summed E-state index contributed by atoms with van der Waals surface area (Å²) in [4.78, 5) is 12.8. The molecule has 4 heteroatoms. The van der Waals surface area contributed by atoms with Crippen LogP contribution < -0.4 is 5.73 Å². The van der Waals surface area contributed by atoms with Crippen molar-refractivity contribution in [2.75, 3.05) is 13.1 Å². The van der Waals surface area contributed by atoms with Crippen LogP contribution in [0.4, 0.5) is 0 Å². The Morgan fingerprint density at radius 2 is 2.42 bits per heavy atom. The summed E-state index contributed by atoms with van der Waals surface area (Å²) < 4.78 is 0. The number of rotatable bonds is 3. The van der Waals surface area contributed by atoms with Crippen LogP contribution in [0.25, 0.3) is 0 Å². The fourth-order valence-corrected chi connectivity index (χ4v) is 1.30. The fourth-order valence-electron chi connectivity index (χ4n) is 1.30. The van der Waals surface area contributed by atoms with Gasteiger partial charge in [0.25, 0.3) is 0 Å². The first-order valence-corrected chi connectivity index (χ1v) is 4.32. The van der Waals surface area contributed by atoms with Crippen LogP contribution in [0.1, 0.15) is 19.8 Å². The lowest BCUT2D eigenvalue weighted by Gasteiger charge is -2.22. The molecule has 1 aliphatic heterocycles. The molecular weight excluding hydrogens is 156 g/mol. The molecule has 0 radical (unpaired) electrons. The number of likely N-dealkylation sites (tertiary alicyclic amines) is 1. The monoisotopic (exact) mass is 172 g/mol. The van der Waals surface area contributed by atoms with Crippen molar-refractivity contribution in [3.8, 4) is 0 Å². The highest BCUT2D eigenvalue weighted by atomic mass is 16.3. The summed E-state index contributed by atoms with van der Waals surface area (Å²) in [6, 6.07) is -0.313. The molecule has 0 saturated carbocycles. The molecule has 1 aliphatic rings. The molecule has 1 heterocycles. The smallest absolute Gasteiger partial charge is 0.222 e. The minimum Gasteiger partial charge on any atom is -0.392 e. The SMILES string of the molecule is CC(O)C(N)CN1CCCC1=O. The predicted octanol–water partition coefficient (Wildman–Crippen LogP) is -0.683. The minimum atomic E-state index is -0.543. The maximum atomic E-state index is 11.1. The molecule has 1 rings (SSSR count). The summed E-state index contributed by atoms with van der Waals surface area (Å²) in [6.07, 6.45) is 1.01. The molecule has 0 bridgehead atoms. The summed E-state index contributed by atoms with van der Waals surface area (Å²) in [5, 5.41) is 9.10. The summed E-state index contributed by atoms with van der Waals surface area (Å²) in [7, 11) is 0. The van der Waals surface area contributed by atoms with Gasteiger partial charge in [-0.2, -0.15) is 0 Å². The second kappa shape index (κ2) is 3.87. The molecule has 70 valence electrons. The van der Waals surface area contributed by atoms with Gasteiger partial charge in [0.15, 0.2) is 0 Å². The molecule has 2 atom stereocenters. The number of aliphatic hydroxyl groups is 1. The lowest BCUT2D eigenvalue weighted by atomic mass is 10.2. The van der Waals surface area contributed by atoms with E-state index < -0.39 is 6.10 Å². The molecule has 12 heavy (non-hydrogen) atoms. The van der Waals surface area contributed by atoms with Crippen LogP contribution in [0, 0.1) is 0 Å². The van der Waals surface area contributed by atoms with Gasteiger partial charge in [-0.25, -0.2) is 0 Å². The Hall–Kier alpha value is -0.610. The lowest BCUT2D eigenvalue weighted by molar-refractivity contribution is -0.128. The standard InChI is InChI=1S/C8H16N2O2/c1-6(11)7(9)5-10-4-2-3-8(10)12/h6-7,11H,2-5,9H2,1H3. The molecule has 0 aliphatic carbocycles. The highest BCUT2D eigenvalue weighted by Gasteiger charge is 2.23. The van der Waals surface area contributed by atoms with Crippen LogP contribution in [-0.2, 0) is 4.79 Å². The van der Waals surface area contributed by atoms with Crippen LogP contribution in [0.5, 0.6) is 0 Å². The fraction of sp³-hybridized carbons (Fsp3) is 0.875. The highest BCUT2D eigenvalue weighted by molar-refractivity contribution is 5.78. The molecule has 0 aromatic carbocycles. The maximum Gasteiger partial charge on any atom is 0.222 e. The number of amides is 1. The molecule has 1 fully saturated rings. The van der Waals surface area contributed by atoms with Crippen LogP contribution in [-0.4, -0.2) is 41.1 Å². The van der Waals surface area contributed by atoms with E-state index in [-0.39, 0.29) is 11.9 Å². The molecule has 0 aromatic heterocycles. The normalized spacial score (nSPS) is 22.9. The van der Waals surface area contributed by atoms with E-state index in [0.29, 0.717) is 13.0 Å². The van der Waals surface area contributed by atoms with Crippen molar-refractivity contribution in [3.63, 3.8) is 0 Å². The van der Waals surface area contributed by atoms with Gasteiger partial charge in [0.05, 0.1) is 6.10 Å².